The molecule has 0 bridgehead atoms. The van der Waals surface area contributed by atoms with E-state index < -0.39 is 0 Å². The Labute approximate surface area is 131 Å². The van der Waals surface area contributed by atoms with Gasteiger partial charge >= 0.3 is 0 Å². The Morgan fingerprint density at radius 1 is 1.14 bits per heavy atom. The third-order valence-electron chi connectivity index (χ3n) is 4.20. The minimum absolute atomic E-state index is 0.0988. The van der Waals surface area contributed by atoms with E-state index >= 15 is 0 Å². The molecule has 114 valence electrons. The molecule has 4 nitrogen and oxygen atoms in total. The Balaban J connectivity index is 1.84. The number of rotatable bonds is 3. The van der Waals surface area contributed by atoms with Gasteiger partial charge < -0.3 is 10.2 Å². The SMILES string of the molecule is Cc1ccc(NC(=O)c2cccnc2N2CCCC2)cc1C. The average molecular weight is 295 g/mol. The average Bonchev–Trinajstić information content (AvgIpc) is 3.05. The van der Waals surface area contributed by atoms with Gasteiger partial charge in [0.25, 0.3) is 5.91 Å². The number of aryl methyl sites for hydroxylation is 2. The standard InChI is InChI=1S/C18H21N3O/c1-13-7-8-15(12-14(13)2)20-18(22)16-6-5-9-19-17(16)21-10-3-4-11-21/h5-9,12H,3-4,10-11H2,1-2H3,(H,20,22). The number of hydrogen-bond donors (Lipinski definition) is 1. The number of aromatic nitrogens is 1. The summed E-state index contributed by atoms with van der Waals surface area (Å²) in [6, 6.07) is 9.62. The lowest BCUT2D eigenvalue weighted by molar-refractivity contribution is 0.102. The fraction of sp³-hybridized carbons (Fsp3) is 0.333. The molecular formula is C18H21N3O. The van der Waals surface area contributed by atoms with Crippen LogP contribution in [0, 0.1) is 13.8 Å². The number of anilines is 2. The zero-order valence-corrected chi connectivity index (χ0v) is 13.1. The lowest BCUT2D eigenvalue weighted by Crippen LogP contribution is -2.24. The van der Waals surface area contributed by atoms with Crippen molar-refractivity contribution in [2.45, 2.75) is 26.7 Å². The Kier molecular flexibility index (Phi) is 4.09. The van der Waals surface area contributed by atoms with Crippen molar-refractivity contribution in [3.8, 4) is 0 Å². The van der Waals surface area contributed by atoms with Crippen LogP contribution in [0.3, 0.4) is 0 Å². The predicted octanol–water partition coefficient (Wildman–Crippen LogP) is 3.55. The van der Waals surface area contributed by atoms with Gasteiger partial charge in [-0.05, 0) is 62.1 Å². The van der Waals surface area contributed by atoms with Crippen LogP contribution < -0.4 is 10.2 Å². The van der Waals surface area contributed by atoms with Crippen LogP contribution in [-0.4, -0.2) is 24.0 Å². The van der Waals surface area contributed by atoms with E-state index in [1.54, 1.807) is 6.20 Å². The zero-order chi connectivity index (χ0) is 15.5. The number of carbonyl (C=O) groups is 1. The van der Waals surface area contributed by atoms with Crippen molar-refractivity contribution in [3.05, 3.63) is 53.2 Å². The minimum atomic E-state index is -0.0988. The number of pyridine rings is 1. The highest BCUT2D eigenvalue weighted by Gasteiger charge is 2.20. The molecule has 1 aliphatic rings. The van der Waals surface area contributed by atoms with Crippen LogP contribution in [0.1, 0.15) is 34.3 Å². The van der Waals surface area contributed by atoms with Crippen LogP contribution in [-0.2, 0) is 0 Å². The first-order valence-electron chi connectivity index (χ1n) is 7.74. The predicted molar refractivity (Wildman–Crippen MR) is 89.6 cm³/mol. The van der Waals surface area contributed by atoms with Crippen LogP contribution in [0.5, 0.6) is 0 Å². The molecule has 1 amide bonds. The van der Waals surface area contributed by atoms with E-state index in [-0.39, 0.29) is 5.91 Å². The van der Waals surface area contributed by atoms with E-state index in [1.165, 1.54) is 11.1 Å². The summed E-state index contributed by atoms with van der Waals surface area (Å²) in [5.41, 5.74) is 3.85. The summed E-state index contributed by atoms with van der Waals surface area (Å²) >= 11 is 0. The molecule has 0 aliphatic carbocycles. The number of nitrogens with zero attached hydrogens (tertiary/aromatic N) is 2. The van der Waals surface area contributed by atoms with Gasteiger partial charge in [0.15, 0.2) is 0 Å². The molecule has 1 aliphatic heterocycles. The normalized spacial score (nSPS) is 14.2. The largest absolute Gasteiger partial charge is 0.356 e. The topological polar surface area (TPSA) is 45.2 Å². The van der Waals surface area contributed by atoms with Gasteiger partial charge in [0.1, 0.15) is 5.82 Å². The highest BCUT2D eigenvalue weighted by atomic mass is 16.1. The maximum Gasteiger partial charge on any atom is 0.259 e. The molecule has 0 saturated carbocycles. The van der Waals surface area contributed by atoms with Crippen LogP contribution in [0.25, 0.3) is 0 Å². The van der Waals surface area contributed by atoms with Crippen molar-refractivity contribution in [2.24, 2.45) is 0 Å². The minimum Gasteiger partial charge on any atom is -0.356 e. The summed E-state index contributed by atoms with van der Waals surface area (Å²) < 4.78 is 0. The Morgan fingerprint density at radius 2 is 1.91 bits per heavy atom. The first-order valence-corrected chi connectivity index (χ1v) is 7.74. The first-order chi connectivity index (χ1) is 10.6. The molecule has 2 heterocycles. The molecule has 0 atom stereocenters. The van der Waals surface area contributed by atoms with Gasteiger partial charge in [-0.15, -0.1) is 0 Å². The quantitative estimate of drug-likeness (QED) is 0.942. The molecular weight excluding hydrogens is 274 g/mol. The molecule has 0 radical (unpaired) electrons. The summed E-state index contributed by atoms with van der Waals surface area (Å²) in [5, 5.41) is 2.98. The first kappa shape index (κ1) is 14.6. The molecule has 1 fully saturated rings. The molecule has 0 unspecified atom stereocenters. The maximum atomic E-state index is 12.6. The fourth-order valence-electron chi connectivity index (χ4n) is 2.77. The number of hydrogen-bond acceptors (Lipinski definition) is 3. The number of benzene rings is 1. The van der Waals surface area contributed by atoms with E-state index in [2.05, 4.69) is 22.1 Å². The molecule has 1 aromatic heterocycles. The molecule has 1 saturated heterocycles. The van der Waals surface area contributed by atoms with Crippen LogP contribution in [0.15, 0.2) is 36.5 Å². The molecule has 2 aromatic rings. The van der Waals surface area contributed by atoms with Gasteiger partial charge in [0.05, 0.1) is 5.56 Å². The second kappa shape index (κ2) is 6.18. The van der Waals surface area contributed by atoms with E-state index in [1.807, 2.05) is 37.3 Å². The van der Waals surface area contributed by atoms with Crippen molar-refractivity contribution in [1.82, 2.24) is 4.98 Å². The third kappa shape index (κ3) is 2.96. The summed E-state index contributed by atoms with van der Waals surface area (Å²) in [6.07, 6.45) is 4.07. The van der Waals surface area contributed by atoms with Crippen LogP contribution >= 0.6 is 0 Å². The van der Waals surface area contributed by atoms with Gasteiger partial charge in [-0.25, -0.2) is 4.98 Å². The molecule has 3 rings (SSSR count). The van der Waals surface area contributed by atoms with E-state index in [0.29, 0.717) is 5.56 Å². The highest BCUT2D eigenvalue weighted by Crippen LogP contribution is 2.23. The maximum absolute atomic E-state index is 12.6. The van der Waals surface area contributed by atoms with Gasteiger partial charge in [-0.3, -0.25) is 4.79 Å². The zero-order valence-electron chi connectivity index (χ0n) is 13.1. The van der Waals surface area contributed by atoms with E-state index in [0.717, 1.165) is 37.4 Å². The Hall–Kier alpha value is -2.36. The van der Waals surface area contributed by atoms with Crippen LogP contribution in [0.4, 0.5) is 11.5 Å². The monoisotopic (exact) mass is 295 g/mol. The third-order valence-corrected chi connectivity index (χ3v) is 4.20. The van der Waals surface area contributed by atoms with Crippen molar-refractivity contribution in [3.63, 3.8) is 0 Å². The Bertz CT molecular complexity index is 690. The highest BCUT2D eigenvalue weighted by molar-refractivity contribution is 6.07. The van der Waals surface area contributed by atoms with Gasteiger partial charge in [0.2, 0.25) is 0 Å². The Morgan fingerprint density at radius 3 is 2.64 bits per heavy atom. The molecule has 0 spiro atoms. The number of nitrogens with one attached hydrogen (secondary N) is 1. The fourth-order valence-corrected chi connectivity index (χ4v) is 2.77. The summed E-state index contributed by atoms with van der Waals surface area (Å²) in [6.45, 7) is 6.06. The second-order valence-electron chi connectivity index (χ2n) is 5.82. The molecule has 1 N–H and O–H groups in total. The van der Waals surface area contributed by atoms with E-state index in [9.17, 15) is 4.79 Å². The second-order valence-corrected chi connectivity index (χ2v) is 5.82. The summed E-state index contributed by atoms with van der Waals surface area (Å²) in [7, 11) is 0. The lowest BCUT2D eigenvalue weighted by atomic mass is 10.1. The van der Waals surface area contributed by atoms with Crippen LogP contribution in [0.2, 0.25) is 0 Å². The smallest absolute Gasteiger partial charge is 0.259 e. The van der Waals surface area contributed by atoms with Gasteiger partial charge in [-0.2, -0.15) is 0 Å². The van der Waals surface area contributed by atoms with Crippen molar-refractivity contribution in [2.75, 3.05) is 23.3 Å². The van der Waals surface area contributed by atoms with E-state index in [4.69, 9.17) is 0 Å². The lowest BCUT2D eigenvalue weighted by Gasteiger charge is -2.19. The van der Waals surface area contributed by atoms with Crippen molar-refractivity contribution in [1.29, 1.82) is 0 Å². The van der Waals surface area contributed by atoms with Crippen molar-refractivity contribution >= 4 is 17.4 Å². The molecule has 22 heavy (non-hydrogen) atoms. The van der Waals surface area contributed by atoms with Crippen molar-refractivity contribution < 1.29 is 4.79 Å². The molecule has 4 heteroatoms. The number of amides is 1. The van der Waals surface area contributed by atoms with Gasteiger partial charge in [0, 0.05) is 25.0 Å². The van der Waals surface area contributed by atoms with Gasteiger partial charge in [-0.1, -0.05) is 6.07 Å². The summed E-state index contributed by atoms with van der Waals surface area (Å²) in [4.78, 5) is 19.2. The number of carbonyl (C=O) groups excluding carboxylic acids is 1. The summed E-state index contributed by atoms with van der Waals surface area (Å²) in [5.74, 6) is 0.694. The molecule has 1 aromatic carbocycles.